The van der Waals surface area contributed by atoms with Crippen LogP contribution < -0.4 is 14.8 Å². The molecule has 5 heteroatoms. The first-order chi connectivity index (χ1) is 10.2. The van der Waals surface area contributed by atoms with Crippen LogP contribution in [0.3, 0.4) is 0 Å². The second kappa shape index (κ2) is 8.20. The summed E-state index contributed by atoms with van der Waals surface area (Å²) in [6, 6.07) is 6.35. The van der Waals surface area contributed by atoms with Gasteiger partial charge in [0.15, 0.2) is 0 Å². The maximum Gasteiger partial charge on any atom is 0.123 e. The highest BCUT2D eigenvalue weighted by Crippen LogP contribution is 2.41. The van der Waals surface area contributed by atoms with Gasteiger partial charge in [-0.15, -0.1) is 0 Å². The molecule has 1 N–H and O–H groups in total. The lowest BCUT2D eigenvalue weighted by Crippen LogP contribution is -2.37. The van der Waals surface area contributed by atoms with Crippen LogP contribution in [-0.4, -0.2) is 42.8 Å². The third-order valence-electron chi connectivity index (χ3n) is 3.76. The molecule has 1 aromatic rings. The molecule has 0 saturated carbocycles. The predicted molar refractivity (Wildman–Crippen MR) is 94.1 cm³/mol. The maximum absolute atomic E-state index is 5.59. The number of hydrogen-bond acceptors (Lipinski definition) is 5. The highest BCUT2D eigenvalue weighted by molar-refractivity contribution is 8.07. The molecule has 0 bridgehead atoms. The lowest BCUT2D eigenvalue weighted by Gasteiger charge is -2.35. The lowest BCUT2D eigenvalue weighted by molar-refractivity contribution is 0.388. The summed E-state index contributed by atoms with van der Waals surface area (Å²) in [5, 5.41) is 4.83. The van der Waals surface area contributed by atoms with Gasteiger partial charge in [0.05, 0.1) is 14.2 Å². The Bertz CT molecular complexity index is 456. The fourth-order valence-corrected chi connectivity index (χ4v) is 5.66. The highest BCUT2D eigenvalue weighted by atomic mass is 32.2. The Labute approximate surface area is 136 Å². The lowest BCUT2D eigenvalue weighted by atomic mass is 10.00. The average molecular weight is 328 g/mol. The SMILES string of the molecule is CCNC(c1cc(OC)ccc1OC)C1SCCSC1C. The Kier molecular flexibility index (Phi) is 6.58. The highest BCUT2D eigenvalue weighted by Gasteiger charge is 2.32. The molecule has 21 heavy (non-hydrogen) atoms. The van der Waals surface area contributed by atoms with E-state index in [0.717, 1.165) is 18.0 Å². The quantitative estimate of drug-likeness (QED) is 0.863. The number of rotatable bonds is 6. The summed E-state index contributed by atoms with van der Waals surface area (Å²) in [5.74, 6) is 4.28. The molecule has 3 nitrogen and oxygen atoms in total. The summed E-state index contributed by atoms with van der Waals surface area (Å²) in [6.07, 6.45) is 0. The molecule has 1 aromatic carbocycles. The van der Waals surface area contributed by atoms with Gasteiger partial charge >= 0.3 is 0 Å². The molecular weight excluding hydrogens is 302 g/mol. The van der Waals surface area contributed by atoms with Crippen LogP contribution in [0.5, 0.6) is 11.5 Å². The third-order valence-corrected chi connectivity index (χ3v) is 6.96. The van der Waals surface area contributed by atoms with Crippen molar-refractivity contribution >= 4 is 23.5 Å². The molecule has 3 atom stereocenters. The van der Waals surface area contributed by atoms with E-state index in [1.54, 1.807) is 14.2 Å². The van der Waals surface area contributed by atoms with Crippen LogP contribution in [0.1, 0.15) is 25.5 Å². The molecule has 1 aliphatic rings. The van der Waals surface area contributed by atoms with Crippen LogP contribution in [0.25, 0.3) is 0 Å². The normalized spacial score (nSPS) is 23.6. The minimum absolute atomic E-state index is 0.285. The summed E-state index contributed by atoms with van der Waals surface area (Å²) in [4.78, 5) is 0. The monoisotopic (exact) mass is 327 g/mol. The molecule has 1 saturated heterocycles. The topological polar surface area (TPSA) is 30.5 Å². The number of nitrogens with one attached hydrogen (secondary N) is 1. The number of benzene rings is 1. The van der Waals surface area contributed by atoms with E-state index in [-0.39, 0.29) is 6.04 Å². The fraction of sp³-hybridized carbons (Fsp3) is 0.625. The van der Waals surface area contributed by atoms with Crippen molar-refractivity contribution in [1.29, 1.82) is 0 Å². The van der Waals surface area contributed by atoms with Crippen molar-refractivity contribution in [3.05, 3.63) is 23.8 Å². The summed E-state index contributed by atoms with van der Waals surface area (Å²) < 4.78 is 11.0. The molecule has 1 fully saturated rings. The van der Waals surface area contributed by atoms with Gasteiger partial charge in [-0.05, 0) is 24.7 Å². The van der Waals surface area contributed by atoms with Gasteiger partial charge < -0.3 is 14.8 Å². The van der Waals surface area contributed by atoms with Gasteiger partial charge in [-0.2, -0.15) is 23.5 Å². The first-order valence-corrected chi connectivity index (χ1v) is 9.49. The minimum atomic E-state index is 0.285. The molecule has 3 unspecified atom stereocenters. The summed E-state index contributed by atoms with van der Waals surface area (Å²) >= 11 is 4.13. The van der Waals surface area contributed by atoms with Crippen molar-refractivity contribution in [2.24, 2.45) is 0 Å². The van der Waals surface area contributed by atoms with Crippen molar-refractivity contribution < 1.29 is 9.47 Å². The van der Waals surface area contributed by atoms with Crippen LogP contribution >= 0.6 is 23.5 Å². The number of hydrogen-bond donors (Lipinski definition) is 1. The minimum Gasteiger partial charge on any atom is -0.497 e. The van der Waals surface area contributed by atoms with E-state index in [1.165, 1.54) is 17.1 Å². The number of methoxy groups -OCH3 is 2. The average Bonchev–Trinajstić information content (AvgIpc) is 2.53. The molecular formula is C16H25NO2S2. The summed E-state index contributed by atoms with van der Waals surface area (Å²) in [6.45, 7) is 5.43. The van der Waals surface area contributed by atoms with Crippen molar-refractivity contribution in [3.8, 4) is 11.5 Å². The summed E-state index contributed by atoms with van der Waals surface area (Å²) in [7, 11) is 3.45. The van der Waals surface area contributed by atoms with E-state index in [0.29, 0.717) is 10.5 Å². The molecule has 0 aromatic heterocycles. The Balaban J connectivity index is 2.36. The number of thioether (sulfide) groups is 2. The Hall–Kier alpha value is -0.520. The second-order valence-electron chi connectivity index (χ2n) is 5.05. The first kappa shape index (κ1) is 16.8. The van der Waals surface area contributed by atoms with Crippen LogP contribution in [0.15, 0.2) is 18.2 Å². The van der Waals surface area contributed by atoms with E-state index in [9.17, 15) is 0 Å². The molecule has 0 radical (unpaired) electrons. The Morgan fingerprint density at radius 1 is 1.24 bits per heavy atom. The smallest absolute Gasteiger partial charge is 0.123 e. The standard InChI is InChI=1S/C16H25NO2S2/c1-5-17-15(16-11(2)20-8-9-21-16)13-10-12(18-3)6-7-14(13)19-4/h6-7,10-11,15-17H,5,8-9H2,1-4H3. The fourth-order valence-electron chi connectivity index (χ4n) is 2.72. The van der Waals surface area contributed by atoms with Crippen molar-refractivity contribution in [2.45, 2.75) is 30.4 Å². The van der Waals surface area contributed by atoms with E-state index in [2.05, 4.69) is 48.8 Å². The molecule has 118 valence electrons. The van der Waals surface area contributed by atoms with E-state index in [4.69, 9.17) is 9.47 Å². The molecule has 1 heterocycles. The molecule has 1 aliphatic heterocycles. The zero-order valence-corrected chi connectivity index (χ0v) is 14.9. The molecule has 0 spiro atoms. The van der Waals surface area contributed by atoms with Gasteiger partial charge in [-0.25, -0.2) is 0 Å². The van der Waals surface area contributed by atoms with Gasteiger partial charge in [0, 0.05) is 33.6 Å². The van der Waals surface area contributed by atoms with E-state index < -0.39 is 0 Å². The Morgan fingerprint density at radius 2 is 2.00 bits per heavy atom. The zero-order chi connectivity index (χ0) is 15.2. The summed E-state index contributed by atoms with van der Waals surface area (Å²) in [5.41, 5.74) is 1.20. The van der Waals surface area contributed by atoms with Crippen molar-refractivity contribution in [3.63, 3.8) is 0 Å². The van der Waals surface area contributed by atoms with Gasteiger partial charge in [-0.1, -0.05) is 13.8 Å². The van der Waals surface area contributed by atoms with Crippen LogP contribution in [0.4, 0.5) is 0 Å². The van der Waals surface area contributed by atoms with Gasteiger partial charge in [-0.3, -0.25) is 0 Å². The maximum atomic E-state index is 5.59. The first-order valence-electron chi connectivity index (χ1n) is 7.39. The Morgan fingerprint density at radius 3 is 2.62 bits per heavy atom. The van der Waals surface area contributed by atoms with Gasteiger partial charge in [0.1, 0.15) is 11.5 Å². The molecule has 2 rings (SSSR count). The predicted octanol–water partition coefficient (Wildman–Crippen LogP) is 3.59. The third kappa shape index (κ3) is 4.02. The van der Waals surface area contributed by atoms with Crippen molar-refractivity contribution in [1.82, 2.24) is 5.32 Å². The van der Waals surface area contributed by atoms with E-state index in [1.807, 2.05) is 12.1 Å². The largest absolute Gasteiger partial charge is 0.497 e. The molecule has 0 aliphatic carbocycles. The zero-order valence-electron chi connectivity index (χ0n) is 13.2. The molecule has 0 amide bonds. The van der Waals surface area contributed by atoms with Crippen LogP contribution in [-0.2, 0) is 0 Å². The van der Waals surface area contributed by atoms with Crippen LogP contribution in [0.2, 0.25) is 0 Å². The second-order valence-corrected chi connectivity index (χ2v) is 7.83. The van der Waals surface area contributed by atoms with Crippen molar-refractivity contribution in [2.75, 3.05) is 32.3 Å². The van der Waals surface area contributed by atoms with Gasteiger partial charge in [0.25, 0.3) is 0 Å². The van der Waals surface area contributed by atoms with Crippen LogP contribution in [0, 0.1) is 0 Å². The van der Waals surface area contributed by atoms with Gasteiger partial charge in [0.2, 0.25) is 0 Å². The van der Waals surface area contributed by atoms with E-state index >= 15 is 0 Å². The number of ether oxygens (including phenoxy) is 2.